The molecule has 0 fully saturated rings. The lowest BCUT2D eigenvalue weighted by molar-refractivity contribution is 1.12. The molecule has 0 aliphatic carbocycles. The van der Waals surface area contributed by atoms with E-state index in [4.69, 9.17) is 0 Å². The van der Waals surface area contributed by atoms with E-state index in [1.54, 1.807) is 11.8 Å². The number of rotatable bonds is 2. The van der Waals surface area contributed by atoms with Gasteiger partial charge in [-0.25, -0.2) is 4.98 Å². The molecule has 4 heteroatoms. The average Bonchev–Trinajstić information content (AvgIpc) is 2.17. The van der Waals surface area contributed by atoms with Gasteiger partial charge in [0.05, 0.1) is 0 Å². The average molecular weight is 160 g/mol. The molecular formula is C5H8N2S2. The fourth-order valence-corrected chi connectivity index (χ4v) is 1.85. The van der Waals surface area contributed by atoms with Crippen LogP contribution >= 0.6 is 23.3 Å². The summed E-state index contributed by atoms with van der Waals surface area (Å²) in [5.74, 6) is 1.88. The first-order chi connectivity index (χ1) is 4.33. The topological polar surface area (TPSA) is 25.8 Å². The second kappa shape index (κ2) is 3.17. The molecule has 1 heterocycles. The molecule has 0 aromatic carbocycles. The van der Waals surface area contributed by atoms with Gasteiger partial charge in [0.2, 0.25) is 0 Å². The predicted molar refractivity (Wildman–Crippen MR) is 41.9 cm³/mol. The molecule has 50 valence electrons. The van der Waals surface area contributed by atoms with E-state index < -0.39 is 0 Å². The Kier molecular flexibility index (Phi) is 2.48. The van der Waals surface area contributed by atoms with Gasteiger partial charge < -0.3 is 0 Å². The summed E-state index contributed by atoms with van der Waals surface area (Å²) in [6.07, 6.45) is 2.07. The molecule has 0 N–H and O–H groups in total. The maximum atomic E-state index is 4.19. The quantitative estimate of drug-likeness (QED) is 0.658. The molecular weight excluding hydrogens is 152 g/mol. The van der Waals surface area contributed by atoms with E-state index in [0.717, 1.165) is 16.6 Å². The smallest absolute Gasteiger partial charge is 0.139 e. The van der Waals surface area contributed by atoms with E-state index in [2.05, 4.69) is 15.6 Å². The van der Waals surface area contributed by atoms with Gasteiger partial charge in [0.25, 0.3) is 0 Å². The fourth-order valence-electron chi connectivity index (χ4n) is 0.522. The zero-order chi connectivity index (χ0) is 6.69. The van der Waals surface area contributed by atoms with Gasteiger partial charge in [-0.3, -0.25) is 0 Å². The van der Waals surface area contributed by atoms with Crippen LogP contribution in [0.3, 0.4) is 0 Å². The number of nitrogens with zero attached hydrogens (tertiary/aromatic N) is 2. The first-order valence-electron chi connectivity index (χ1n) is 2.61. The third kappa shape index (κ3) is 1.95. The normalized spacial score (nSPS) is 10.0. The van der Waals surface area contributed by atoms with E-state index in [0.29, 0.717) is 0 Å². The molecule has 9 heavy (non-hydrogen) atoms. The van der Waals surface area contributed by atoms with Gasteiger partial charge in [0.15, 0.2) is 0 Å². The van der Waals surface area contributed by atoms with Crippen LogP contribution in [-0.2, 0) is 5.75 Å². The van der Waals surface area contributed by atoms with Crippen molar-refractivity contribution >= 4 is 23.3 Å². The summed E-state index contributed by atoms with van der Waals surface area (Å²) in [6.45, 7) is 1.92. The van der Waals surface area contributed by atoms with Gasteiger partial charge >= 0.3 is 0 Å². The van der Waals surface area contributed by atoms with Crippen molar-refractivity contribution in [3.8, 4) is 0 Å². The van der Waals surface area contributed by atoms with E-state index in [-0.39, 0.29) is 0 Å². The standard InChI is InChI=1S/C5H8N2S2/c1-4-6-5(3-8-2)9-7-4/h3H2,1-2H3. The molecule has 0 saturated carbocycles. The van der Waals surface area contributed by atoms with Crippen molar-refractivity contribution in [1.82, 2.24) is 9.36 Å². The number of aryl methyl sites for hydroxylation is 1. The van der Waals surface area contributed by atoms with Crippen molar-refractivity contribution in [2.24, 2.45) is 0 Å². The first kappa shape index (κ1) is 7.02. The molecule has 0 amide bonds. The Hall–Kier alpha value is -0.0900. The molecule has 0 saturated heterocycles. The van der Waals surface area contributed by atoms with Gasteiger partial charge in [0.1, 0.15) is 10.8 Å². The Labute approximate surface area is 62.9 Å². The van der Waals surface area contributed by atoms with Crippen LogP contribution in [0.15, 0.2) is 0 Å². The highest BCUT2D eigenvalue weighted by atomic mass is 32.2. The van der Waals surface area contributed by atoms with Crippen LogP contribution in [0, 0.1) is 6.92 Å². The number of aromatic nitrogens is 2. The van der Waals surface area contributed by atoms with E-state index >= 15 is 0 Å². The van der Waals surface area contributed by atoms with Gasteiger partial charge in [-0.2, -0.15) is 16.1 Å². The number of hydrogen-bond donors (Lipinski definition) is 0. The molecule has 0 aliphatic rings. The second-order valence-electron chi connectivity index (χ2n) is 1.67. The highest BCUT2D eigenvalue weighted by Gasteiger charge is 1.96. The Balaban J connectivity index is 2.61. The molecule has 1 aromatic heterocycles. The maximum Gasteiger partial charge on any atom is 0.139 e. The summed E-state index contributed by atoms with van der Waals surface area (Å²) in [6, 6.07) is 0. The minimum atomic E-state index is 0.893. The van der Waals surface area contributed by atoms with Crippen molar-refractivity contribution < 1.29 is 0 Å². The fraction of sp³-hybridized carbons (Fsp3) is 0.600. The molecule has 0 unspecified atom stereocenters. The Bertz CT molecular complexity index is 185. The minimum absolute atomic E-state index is 0.893. The Morgan fingerprint density at radius 2 is 2.44 bits per heavy atom. The van der Waals surface area contributed by atoms with Gasteiger partial charge in [-0.1, -0.05) is 0 Å². The molecule has 0 atom stereocenters. The largest absolute Gasteiger partial charge is 0.224 e. The van der Waals surface area contributed by atoms with Crippen molar-refractivity contribution in [1.29, 1.82) is 0 Å². The summed E-state index contributed by atoms with van der Waals surface area (Å²) >= 11 is 3.27. The molecule has 1 rings (SSSR count). The summed E-state index contributed by atoms with van der Waals surface area (Å²) in [4.78, 5) is 4.19. The highest BCUT2D eigenvalue weighted by Crippen LogP contribution is 2.10. The van der Waals surface area contributed by atoms with E-state index in [1.165, 1.54) is 11.5 Å². The molecule has 1 aromatic rings. The number of hydrogen-bond acceptors (Lipinski definition) is 4. The van der Waals surface area contributed by atoms with Gasteiger partial charge in [-0.15, -0.1) is 0 Å². The minimum Gasteiger partial charge on any atom is -0.224 e. The van der Waals surface area contributed by atoms with Crippen LogP contribution in [0.2, 0.25) is 0 Å². The van der Waals surface area contributed by atoms with E-state index in [9.17, 15) is 0 Å². The predicted octanol–water partition coefficient (Wildman–Crippen LogP) is 1.71. The molecule has 0 bridgehead atoms. The zero-order valence-electron chi connectivity index (χ0n) is 5.42. The molecule has 0 radical (unpaired) electrons. The van der Waals surface area contributed by atoms with Crippen molar-refractivity contribution in [3.63, 3.8) is 0 Å². The van der Waals surface area contributed by atoms with Crippen LogP contribution in [0.25, 0.3) is 0 Å². The monoisotopic (exact) mass is 160 g/mol. The van der Waals surface area contributed by atoms with Crippen LogP contribution in [0.5, 0.6) is 0 Å². The summed E-state index contributed by atoms with van der Waals surface area (Å²) in [5, 5.41) is 1.13. The lowest BCUT2D eigenvalue weighted by atomic mass is 10.7. The third-order valence-corrected chi connectivity index (χ3v) is 2.38. The number of thioether (sulfide) groups is 1. The van der Waals surface area contributed by atoms with Crippen LogP contribution < -0.4 is 0 Å². The zero-order valence-corrected chi connectivity index (χ0v) is 7.05. The van der Waals surface area contributed by atoms with Crippen molar-refractivity contribution in [2.45, 2.75) is 12.7 Å². The van der Waals surface area contributed by atoms with Crippen LogP contribution in [0.1, 0.15) is 10.8 Å². The van der Waals surface area contributed by atoms with Crippen LogP contribution in [-0.4, -0.2) is 15.6 Å². The lowest BCUT2D eigenvalue weighted by Gasteiger charge is -1.83. The molecule has 0 aliphatic heterocycles. The summed E-state index contributed by atoms with van der Waals surface area (Å²) < 4.78 is 4.05. The Morgan fingerprint density at radius 1 is 1.67 bits per heavy atom. The SMILES string of the molecule is CSCc1nc(C)ns1. The maximum absolute atomic E-state index is 4.19. The molecule has 0 spiro atoms. The second-order valence-corrected chi connectivity index (χ2v) is 3.37. The van der Waals surface area contributed by atoms with Crippen LogP contribution in [0.4, 0.5) is 0 Å². The van der Waals surface area contributed by atoms with Gasteiger partial charge in [0, 0.05) is 5.75 Å². The summed E-state index contributed by atoms with van der Waals surface area (Å²) in [5.41, 5.74) is 0. The first-order valence-corrected chi connectivity index (χ1v) is 4.78. The van der Waals surface area contributed by atoms with Crippen molar-refractivity contribution in [2.75, 3.05) is 6.26 Å². The summed E-state index contributed by atoms with van der Waals surface area (Å²) in [7, 11) is 0. The highest BCUT2D eigenvalue weighted by molar-refractivity contribution is 7.97. The molecule has 2 nitrogen and oxygen atoms in total. The Morgan fingerprint density at radius 3 is 2.89 bits per heavy atom. The van der Waals surface area contributed by atoms with Crippen molar-refractivity contribution in [3.05, 3.63) is 10.8 Å². The third-order valence-electron chi connectivity index (χ3n) is 0.837. The van der Waals surface area contributed by atoms with Gasteiger partial charge in [-0.05, 0) is 24.7 Å². The lowest BCUT2D eigenvalue weighted by Crippen LogP contribution is -1.76. The van der Waals surface area contributed by atoms with E-state index in [1.807, 2.05) is 6.92 Å².